The summed E-state index contributed by atoms with van der Waals surface area (Å²) in [4.78, 5) is 35.7. The molecule has 1 aliphatic carbocycles. The molecule has 1 unspecified atom stereocenters. The Kier molecular flexibility index (Phi) is 7.61. The molecule has 0 saturated heterocycles. The first-order chi connectivity index (χ1) is 15.0. The molecule has 0 heterocycles. The second kappa shape index (κ2) is 10.6. The van der Waals surface area contributed by atoms with Crippen LogP contribution in [0.15, 0.2) is 48.5 Å². The van der Waals surface area contributed by atoms with Gasteiger partial charge >= 0.3 is 12.1 Å². The molecule has 8 heteroatoms. The lowest BCUT2D eigenvalue weighted by Gasteiger charge is -2.19. The van der Waals surface area contributed by atoms with Crippen LogP contribution < -0.4 is 10.6 Å². The number of carboxylic acids is 1. The summed E-state index contributed by atoms with van der Waals surface area (Å²) in [5.74, 6) is -1.64. The maximum atomic E-state index is 12.4. The number of ether oxygens (including phenoxy) is 2. The molecule has 31 heavy (non-hydrogen) atoms. The van der Waals surface area contributed by atoms with Gasteiger partial charge in [0.2, 0.25) is 5.91 Å². The van der Waals surface area contributed by atoms with Crippen LogP contribution in [0.4, 0.5) is 4.79 Å². The summed E-state index contributed by atoms with van der Waals surface area (Å²) in [6, 6.07) is 14.9. The highest BCUT2D eigenvalue weighted by Gasteiger charge is 2.29. The maximum Gasteiger partial charge on any atom is 0.407 e. The fraction of sp³-hybridized carbons (Fsp3) is 0.348. The van der Waals surface area contributed by atoms with Gasteiger partial charge in [0.15, 0.2) is 0 Å². The molecule has 8 nitrogen and oxygen atoms in total. The van der Waals surface area contributed by atoms with Gasteiger partial charge in [-0.05, 0) is 28.7 Å². The first-order valence-electron chi connectivity index (χ1n) is 10.1. The lowest BCUT2D eigenvalue weighted by Crippen LogP contribution is -2.48. The van der Waals surface area contributed by atoms with E-state index in [9.17, 15) is 14.4 Å². The summed E-state index contributed by atoms with van der Waals surface area (Å²) in [5.41, 5.74) is 4.39. The van der Waals surface area contributed by atoms with Gasteiger partial charge < -0.3 is 25.2 Å². The Morgan fingerprint density at radius 3 is 2.23 bits per heavy atom. The number of methoxy groups -OCH3 is 1. The fourth-order valence-corrected chi connectivity index (χ4v) is 3.72. The summed E-state index contributed by atoms with van der Waals surface area (Å²) < 4.78 is 10.3. The Labute approximate surface area is 180 Å². The van der Waals surface area contributed by atoms with Crippen molar-refractivity contribution in [3.05, 3.63) is 59.7 Å². The SMILES string of the molecule is COCCNC(=O)C(CCC(=O)O)NC(=O)OCC1c2ccccc2-c2ccccc21. The number of hydrogen-bond acceptors (Lipinski definition) is 5. The molecule has 0 fully saturated rings. The predicted molar refractivity (Wildman–Crippen MR) is 114 cm³/mol. The van der Waals surface area contributed by atoms with Gasteiger partial charge in [0.1, 0.15) is 12.6 Å². The zero-order valence-corrected chi connectivity index (χ0v) is 17.3. The number of carbonyl (C=O) groups is 3. The number of amides is 2. The highest BCUT2D eigenvalue weighted by Crippen LogP contribution is 2.44. The Hall–Kier alpha value is -3.39. The van der Waals surface area contributed by atoms with E-state index in [4.69, 9.17) is 14.6 Å². The number of nitrogens with one attached hydrogen (secondary N) is 2. The van der Waals surface area contributed by atoms with E-state index in [-0.39, 0.29) is 31.9 Å². The number of benzene rings is 2. The smallest absolute Gasteiger partial charge is 0.407 e. The van der Waals surface area contributed by atoms with E-state index in [0.29, 0.717) is 6.61 Å². The van der Waals surface area contributed by atoms with Gasteiger partial charge in [0.25, 0.3) is 0 Å². The molecular formula is C23H26N2O6. The van der Waals surface area contributed by atoms with E-state index in [1.165, 1.54) is 7.11 Å². The minimum Gasteiger partial charge on any atom is -0.481 e. The van der Waals surface area contributed by atoms with E-state index in [1.807, 2.05) is 48.5 Å². The van der Waals surface area contributed by atoms with Crippen molar-refractivity contribution in [3.63, 3.8) is 0 Å². The Morgan fingerprint density at radius 2 is 1.65 bits per heavy atom. The van der Waals surface area contributed by atoms with Crippen molar-refractivity contribution >= 4 is 18.0 Å². The number of carbonyl (C=O) groups excluding carboxylic acids is 2. The van der Waals surface area contributed by atoms with Crippen molar-refractivity contribution in [1.29, 1.82) is 0 Å². The van der Waals surface area contributed by atoms with Crippen molar-refractivity contribution < 1.29 is 29.0 Å². The van der Waals surface area contributed by atoms with Gasteiger partial charge in [0, 0.05) is 26.0 Å². The number of fused-ring (bicyclic) bond motifs is 3. The molecule has 2 aromatic rings. The highest BCUT2D eigenvalue weighted by molar-refractivity contribution is 5.86. The van der Waals surface area contributed by atoms with E-state index in [0.717, 1.165) is 22.3 Å². The molecule has 0 spiro atoms. The summed E-state index contributed by atoms with van der Waals surface area (Å²) in [6.45, 7) is 0.671. The predicted octanol–water partition coefficient (Wildman–Crippen LogP) is 2.52. The topological polar surface area (TPSA) is 114 Å². The fourth-order valence-electron chi connectivity index (χ4n) is 3.72. The van der Waals surface area contributed by atoms with Crippen LogP contribution in [0.1, 0.15) is 29.9 Å². The third-order valence-corrected chi connectivity index (χ3v) is 5.20. The number of aliphatic carboxylic acids is 1. The first kappa shape index (κ1) is 22.3. The van der Waals surface area contributed by atoms with Crippen LogP contribution in [0.3, 0.4) is 0 Å². The van der Waals surface area contributed by atoms with E-state index in [2.05, 4.69) is 10.6 Å². The quantitative estimate of drug-likeness (QED) is 0.503. The summed E-state index contributed by atoms with van der Waals surface area (Å²) >= 11 is 0. The van der Waals surface area contributed by atoms with Crippen LogP contribution >= 0.6 is 0 Å². The molecule has 1 aliphatic rings. The number of rotatable bonds is 10. The van der Waals surface area contributed by atoms with E-state index < -0.39 is 24.0 Å². The number of hydrogen-bond donors (Lipinski definition) is 3. The minimum absolute atomic E-state index is 0.0433. The zero-order chi connectivity index (χ0) is 22.2. The monoisotopic (exact) mass is 426 g/mol. The van der Waals surface area contributed by atoms with E-state index >= 15 is 0 Å². The molecule has 3 rings (SSSR count). The second-order valence-corrected chi connectivity index (χ2v) is 7.24. The van der Waals surface area contributed by atoms with Crippen LogP contribution in [0.5, 0.6) is 0 Å². The average Bonchev–Trinajstić information content (AvgIpc) is 3.09. The molecule has 2 amide bonds. The molecular weight excluding hydrogens is 400 g/mol. The van der Waals surface area contributed by atoms with Crippen molar-refractivity contribution in [2.45, 2.75) is 24.8 Å². The highest BCUT2D eigenvalue weighted by atomic mass is 16.5. The molecule has 0 bridgehead atoms. The van der Waals surface area contributed by atoms with Crippen molar-refractivity contribution in [1.82, 2.24) is 10.6 Å². The van der Waals surface area contributed by atoms with Crippen LogP contribution in [0.2, 0.25) is 0 Å². The lowest BCUT2D eigenvalue weighted by atomic mass is 9.98. The Balaban J connectivity index is 1.63. The maximum absolute atomic E-state index is 12.4. The van der Waals surface area contributed by atoms with Crippen molar-refractivity contribution in [2.75, 3.05) is 26.9 Å². The van der Waals surface area contributed by atoms with Crippen LogP contribution in [-0.2, 0) is 19.1 Å². The molecule has 1 atom stereocenters. The van der Waals surface area contributed by atoms with Gasteiger partial charge in [-0.25, -0.2) is 4.79 Å². The van der Waals surface area contributed by atoms with Gasteiger partial charge in [-0.15, -0.1) is 0 Å². The lowest BCUT2D eigenvalue weighted by molar-refractivity contribution is -0.137. The molecule has 0 aliphatic heterocycles. The van der Waals surface area contributed by atoms with Gasteiger partial charge in [-0.1, -0.05) is 48.5 Å². The largest absolute Gasteiger partial charge is 0.481 e. The molecule has 0 aromatic heterocycles. The molecule has 3 N–H and O–H groups in total. The van der Waals surface area contributed by atoms with Crippen LogP contribution in [0.25, 0.3) is 11.1 Å². The molecule has 0 radical (unpaired) electrons. The molecule has 2 aromatic carbocycles. The van der Waals surface area contributed by atoms with Crippen molar-refractivity contribution in [2.24, 2.45) is 0 Å². The summed E-state index contributed by atoms with van der Waals surface area (Å²) in [7, 11) is 1.50. The molecule has 164 valence electrons. The zero-order valence-electron chi connectivity index (χ0n) is 17.3. The van der Waals surface area contributed by atoms with Crippen molar-refractivity contribution in [3.8, 4) is 11.1 Å². The third-order valence-electron chi connectivity index (χ3n) is 5.20. The van der Waals surface area contributed by atoms with E-state index in [1.54, 1.807) is 0 Å². The summed E-state index contributed by atoms with van der Waals surface area (Å²) in [5, 5.41) is 14.0. The summed E-state index contributed by atoms with van der Waals surface area (Å²) in [6.07, 6.45) is -1.07. The second-order valence-electron chi connectivity index (χ2n) is 7.24. The Bertz CT molecular complexity index is 900. The Morgan fingerprint density at radius 1 is 1.03 bits per heavy atom. The van der Waals surface area contributed by atoms with Crippen LogP contribution in [0, 0.1) is 0 Å². The normalized spacial score (nSPS) is 13.1. The molecule has 0 saturated carbocycles. The van der Waals surface area contributed by atoms with Gasteiger partial charge in [-0.2, -0.15) is 0 Å². The third kappa shape index (κ3) is 5.61. The van der Waals surface area contributed by atoms with Gasteiger partial charge in [-0.3, -0.25) is 9.59 Å². The number of carboxylic acid groups (broad SMARTS) is 1. The minimum atomic E-state index is -1.05. The number of alkyl carbamates (subject to hydrolysis) is 1. The standard InChI is InChI=1S/C23H26N2O6/c1-30-13-12-24-22(28)20(10-11-21(26)27)25-23(29)31-14-19-17-8-4-2-6-15(17)16-7-3-5-9-18(16)19/h2-9,19-20H,10-14H2,1H3,(H,24,28)(H,25,29)(H,26,27). The van der Waals surface area contributed by atoms with Crippen LogP contribution in [-0.4, -0.2) is 56.0 Å². The average molecular weight is 426 g/mol. The first-order valence-corrected chi connectivity index (χ1v) is 10.1. The van der Waals surface area contributed by atoms with Gasteiger partial charge in [0.05, 0.1) is 6.61 Å².